The van der Waals surface area contributed by atoms with Crippen molar-refractivity contribution in [1.82, 2.24) is 4.90 Å². The van der Waals surface area contributed by atoms with Crippen LogP contribution in [0.15, 0.2) is 42.5 Å². The average molecular weight is 409 g/mol. The van der Waals surface area contributed by atoms with Crippen molar-refractivity contribution in [2.45, 2.75) is 26.7 Å². The number of primary amides is 1. The summed E-state index contributed by atoms with van der Waals surface area (Å²) < 4.78 is 5.28. The Morgan fingerprint density at radius 2 is 1.83 bits per heavy atom. The number of benzene rings is 2. The lowest BCUT2D eigenvalue weighted by Crippen LogP contribution is -2.45. The molecule has 1 heterocycles. The molecule has 158 valence electrons. The highest BCUT2D eigenvalue weighted by molar-refractivity contribution is 5.97. The lowest BCUT2D eigenvalue weighted by Gasteiger charge is -2.31. The normalized spacial score (nSPS) is 16.1. The van der Waals surface area contributed by atoms with E-state index in [1.165, 1.54) is 4.90 Å². The zero-order valence-electron chi connectivity index (χ0n) is 17.3. The Balaban J connectivity index is 1.65. The summed E-state index contributed by atoms with van der Waals surface area (Å²) in [6.07, 6.45) is 1.38. The van der Waals surface area contributed by atoms with Gasteiger partial charge in [-0.1, -0.05) is 24.3 Å². The molecule has 3 N–H and O–H groups in total. The van der Waals surface area contributed by atoms with Crippen molar-refractivity contribution >= 4 is 29.2 Å². The summed E-state index contributed by atoms with van der Waals surface area (Å²) in [5.74, 6) is -1.66. The molecule has 3 rings (SSSR count). The van der Waals surface area contributed by atoms with E-state index in [1.807, 2.05) is 38.1 Å². The maximum absolute atomic E-state index is 12.7. The first-order valence-corrected chi connectivity index (χ1v) is 10.0. The first-order chi connectivity index (χ1) is 14.4. The number of rotatable bonds is 6. The second kappa shape index (κ2) is 9.43. The molecule has 2 aromatic carbocycles. The number of nitrogens with zero attached hydrogens (tertiary/aromatic N) is 1. The summed E-state index contributed by atoms with van der Waals surface area (Å²) in [6.45, 7) is 4.47. The standard InChI is InChI=1S/C23H27N3O4/c1-15-7-5-11-19(16(15)2)25-20-10-4-3-9-18(20)23(29)30-14-21(27)26-12-6-8-17(13-26)22(24)28/h3-5,7,9-11,17,25H,6,8,12-14H2,1-2H3,(H2,24,28)/t17-/m1/s1. The van der Waals surface area contributed by atoms with E-state index in [-0.39, 0.29) is 25.0 Å². The van der Waals surface area contributed by atoms with E-state index < -0.39 is 11.9 Å². The van der Waals surface area contributed by atoms with Crippen LogP contribution in [0.4, 0.5) is 11.4 Å². The predicted molar refractivity (Wildman–Crippen MR) is 114 cm³/mol. The molecule has 1 atom stereocenters. The molecule has 0 bridgehead atoms. The molecule has 0 aromatic heterocycles. The molecule has 7 nitrogen and oxygen atoms in total. The first kappa shape index (κ1) is 21.4. The maximum Gasteiger partial charge on any atom is 0.340 e. The second-order valence-electron chi connectivity index (χ2n) is 7.58. The van der Waals surface area contributed by atoms with Crippen LogP contribution < -0.4 is 11.1 Å². The Hall–Kier alpha value is -3.35. The number of para-hydroxylation sites is 1. The molecule has 2 aromatic rings. The largest absolute Gasteiger partial charge is 0.452 e. The number of esters is 1. The number of nitrogens with one attached hydrogen (secondary N) is 1. The number of nitrogens with two attached hydrogens (primary N) is 1. The van der Waals surface area contributed by atoms with E-state index in [2.05, 4.69) is 5.32 Å². The number of amides is 2. The fourth-order valence-electron chi connectivity index (χ4n) is 3.53. The molecule has 2 amide bonds. The molecular formula is C23H27N3O4. The molecule has 7 heteroatoms. The fraction of sp³-hybridized carbons (Fsp3) is 0.348. The minimum atomic E-state index is -0.583. The number of ether oxygens (including phenoxy) is 1. The molecule has 1 aliphatic rings. The highest BCUT2D eigenvalue weighted by atomic mass is 16.5. The summed E-state index contributed by atoms with van der Waals surface area (Å²) in [4.78, 5) is 38.0. The van der Waals surface area contributed by atoms with Crippen LogP contribution in [0.25, 0.3) is 0 Å². The van der Waals surface area contributed by atoms with E-state index in [4.69, 9.17) is 10.5 Å². The van der Waals surface area contributed by atoms with Crippen molar-refractivity contribution in [2.75, 3.05) is 25.0 Å². The fourth-order valence-corrected chi connectivity index (χ4v) is 3.53. The van der Waals surface area contributed by atoms with Gasteiger partial charge in [0.2, 0.25) is 5.91 Å². The van der Waals surface area contributed by atoms with E-state index in [9.17, 15) is 14.4 Å². The van der Waals surface area contributed by atoms with Gasteiger partial charge in [-0.15, -0.1) is 0 Å². The number of aryl methyl sites for hydroxylation is 1. The Morgan fingerprint density at radius 3 is 2.60 bits per heavy atom. The van der Waals surface area contributed by atoms with Crippen molar-refractivity contribution in [3.8, 4) is 0 Å². The minimum absolute atomic E-state index is 0.274. The molecule has 0 saturated carbocycles. The smallest absolute Gasteiger partial charge is 0.340 e. The van der Waals surface area contributed by atoms with Gasteiger partial charge in [-0.05, 0) is 56.0 Å². The van der Waals surface area contributed by atoms with Crippen LogP contribution in [0.2, 0.25) is 0 Å². The number of carbonyl (C=O) groups excluding carboxylic acids is 3. The second-order valence-corrected chi connectivity index (χ2v) is 7.58. The molecule has 0 aliphatic carbocycles. The number of hydrogen-bond acceptors (Lipinski definition) is 5. The summed E-state index contributed by atoms with van der Waals surface area (Å²) in [7, 11) is 0. The van der Waals surface area contributed by atoms with Gasteiger partial charge < -0.3 is 20.7 Å². The molecule has 0 spiro atoms. The van der Waals surface area contributed by atoms with Crippen molar-refractivity contribution < 1.29 is 19.1 Å². The van der Waals surface area contributed by atoms with E-state index in [0.717, 1.165) is 16.8 Å². The Morgan fingerprint density at radius 1 is 1.10 bits per heavy atom. The number of piperidine rings is 1. The summed E-state index contributed by atoms with van der Waals surface area (Å²) in [5, 5.41) is 3.28. The number of carbonyl (C=O) groups is 3. The summed E-state index contributed by atoms with van der Waals surface area (Å²) in [5.41, 5.74) is 9.44. The van der Waals surface area contributed by atoms with E-state index >= 15 is 0 Å². The maximum atomic E-state index is 12.7. The average Bonchev–Trinajstić information content (AvgIpc) is 2.75. The minimum Gasteiger partial charge on any atom is -0.452 e. The monoisotopic (exact) mass is 409 g/mol. The Bertz CT molecular complexity index is 957. The molecule has 0 radical (unpaired) electrons. The van der Waals surface area contributed by atoms with Crippen LogP contribution in [-0.2, 0) is 14.3 Å². The molecule has 0 unspecified atom stereocenters. The van der Waals surface area contributed by atoms with Gasteiger partial charge in [0.25, 0.3) is 5.91 Å². The molecule has 1 aliphatic heterocycles. The Kier molecular flexibility index (Phi) is 6.72. The van der Waals surface area contributed by atoms with Crippen LogP contribution in [0.5, 0.6) is 0 Å². The van der Waals surface area contributed by atoms with Gasteiger partial charge in [-0.2, -0.15) is 0 Å². The molecular weight excluding hydrogens is 382 g/mol. The molecule has 1 fully saturated rings. The quantitative estimate of drug-likeness (QED) is 0.715. The van der Waals surface area contributed by atoms with Crippen LogP contribution in [0.3, 0.4) is 0 Å². The van der Waals surface area contributed by atoms with Crippen LogP contribution >= 0.6 is 0 Å². The van der Waals surface area contributed by atoms with Gasteiger partial charge in [-0.3, -0.25) is 9.59 Å². The van der Waals surface area contributed by atoms with Crippen molar-refractivity contribution in [1.29, 1.82) is 0 Å². The Labute approximate surface area is 176 Å². The highest BCUT2D eigenvalue weighted by Gasteiger charge is 2.27. The lowest BCUT2D eigenvalue weighted by molar-refractivity contribution is -0.137. The van der Waals surface area contributed by atoms with E-state index in [0.29, 0.717) is 30.6 Å². The van der Waals surface area contributed by atoms with Crippen LogP contribution in [-0.4, -0.2) is 42.4 Å². The van der Waals surface area contributed by atoms with Gasteiger partial charge in [0.1, 0.15) is 0 Å². The predicted octanol–water partition coefficient (Wildman–Crippen LogP) is 2.93. The number of anilines is 2. The third-order valence-corrected chi connectivity index (χ3v) is 5.52. The van der Waals surface area contributed by atoms with Crippen LogP contribution in [0, 0.1) is 19.8 Å². The number of hydrogen-bond donors (Lipinski definition) is 2. The topological polar surface area (TPSA) is 102 Å². The third-order valence-electron chi connectivity index (χ3n) is 5.52. The zero-order valence-corrected chi connectivity index (χ0v) is 17.3. The number of likely N-dealkylation sites (tertiary alicyclic amines) is 1. The van der Waals surface area contributed by atoms with Crippen molar-refractivity contribution in [3.05, 3.63) is 59.2 Å². The van der Waals surface area contributed by atoms with Gasteiger partial charge in [-0.25, -0.2) is 4.79 Å². The molecule has 30 heavy (non-hydrogen) atoms. The summed E-state index contributed by atoms with van der Waals surface area (Å²) >= 11 is 0. The highest BCUT2D eigenvalue weighted by Crippen LogP contribution is 2.26. The summed E-state index contributed by atoms with van der Waals surface area (Å²) in [6, 6.07) is 12.9. The zero-order chi connectivity index (χ0) is 21.7. The van der Waals surface area contributed by atoms with Gasteiger partial charge in [0.05, 0.1) is 17.2 Å². The molecule has 1 saturated heterocycles. The van der Waals surface area contributed by atoms with E-state index in [1.54, 1.807) is 18.2 Å². The van der Waals surface area contributed by atoms with Crippen LogP contribution in [0.1, 0.15) is 34.3 Å². The van der Waals surface area contributed by atoms with Crippen molar-refractivity contribution in [3.63, 3.8) is 0 Å². The first-order valence-electron chi connectivity index (χ1n) is 10.0. The van der Waals surface area contributed by atoms with Gasteiger partial charge in [0.15, 0.2) is 6.61 Å². The van der Waals surface area contributed by atoms with Gasteiger partial charge in [0, 0.05) is 18.8 Å². The SMILES string of the molecule is Cc1cccc(Nc2ccccc2C(=O)OCC(=O)N2CCC[C@@H](C(N)=O)C2)c1C. The lowest BCUT2D eigenvalue weighted by atomic mass is 9.97. The van der Waals surface area contributed by atoms with Gasteiger partial charge >= 0.3 is 5.97 Å². The third kappa shape index (κ3) is 4.97. The van der Waals surface area contributed by atoms with Crippen molar-refractivity contribution in [2.24, 2.45) is 11.7 Å².